The van der Waals surface area contributed by atoms with Crippen LogP contribution < -0.4 is 5.32 Å². The van der Waals surface area contributed by atoms with E-state index in [1.54, 1.807) is 0 Å². The van der Waals surface area contributed by atoms with Gasteiger partial charge in [0.15, 0.2) is 11.5 Å². The third kappa shape index (κ3) is 3.25. The van der Waals surface area contributed by atoms with Crippen LogP contribution in [0.5, 0.6) is 0 Å². The van der Waals surface area contributed by atoms with Gasteiger partial charge in [0.1, 0.15) is 17.5 Å². The number of hydrogen-bond acceptors (Lipinski definition) is 5. The van der Waals surface area contributed by atoms with Crippen molar-refractivity contribution in [2.24, 2.45) is 0 Å². The summed E-state index contributed by atoms with van der Waals surface area (Å²) in [5.74, 6) is 2.18. The van der Waals surface area contributed by atoms with E-state index in [-0.39, 0.29) is 0 Å². The molecule has 0 bridgehead atoms. The van der Waals surface area contributed by atoms with Crippen molar-refractivity contribution in [3.8, 4) is 0 Å². The molecule has 0 aromatic carbocycles. The Bertz CT molecular complexity index is 927. The number of nitrogens with one attached hydrogen (secondary N) is 2. The molecule has 0 aliphatic heterocycles. The predicted octanol–water partition coefficient (Wildman–Crippen LogP) is 4.69. The molecular weight excluding hydrogens is 331 g/mol. The van der Waals surface area contributed by atoms with E-state index in [4.69, 9.17) is 9.97 Å². The zero-order valence-corrected chi connectivity index (χ0v) is 15.1. The van der Waals surface area contributed by atoms with Crippen LogP contribution in [0.2, 0.25) is 0 Å². The van der Waals surface area contributed by atoms with Gasteiger partial charge in [-0.15, -0.1) is 0 Å². The van der Waals surface area contributed by atoms with E-state index in [2.05, 4.69) is 20.5 Å². The van der Waals surface area contributed by atoms with Crippen molar-refractivity contribution in [3.05, 3.63) is 35.2 Å². The van der Waals surface area contributed by atoms with Crippen LogP contribution in [-0.2, 0) is 0 Å². The predicted molar refractivity (Wildman–Crippen MR) is 99.1 cm³/mol. The Morgan fingerprint density at radius 2 is 1.85 bits per heavy atom. The summed E-state index contributed by atoms with van der Waals surface area (Å²) in [7, 11) is 0. The second-order valence-corrected chi connectivity index (χ2v) is 7.08. The van der Waals surface area contributed by atoms with Crippen molar-refractivity contribution in [3.63, 3.8) is 0 Å². The van der Waals surface area contributed by atoms with Crippen LogP contribution in [0.4, 0.5) is 16.0 Å². The maximum atomic E-state index is 13.6. The molecule has 7 heteroatoms. The lowest BCUT2D eigenvalue weighted by Crippen LogP contribution is -2.10. The Morgan fingerprint density at radius 1 is 1.08 bits per heavy atom. The number of aromatic nitrogens is 5. The Hall–Kier alpha value is -2.57. The van der Waals surface area contributed by atoms with Crippen molar-refractivity contribution in [2.45, 2.75) is 58.3 Å². The van der Waals surface area contributed by atoms with Gasteiger partial charge in [-0.05, 0) is 32.8 Å². The first-order chi connectivity index (χ1) is 12.6. The number of halogens is 1. The fraction of sp³-hybridized carbons (Fsp3) is 0.474. The minimum Gasteiger partial charge on any atom is -0.323 e. The first-order valence-electron chi connectivity index (χ1n) is 9.23. The fourth-order valence-corrected chi connectivity index (χ4v) is 3.58. The zero-order chi connectivity index (χ0) is 18.1. The van der Waals surface area contributed by atoms with E-state index >= 15 is 0 Å². The van der Waals surface area contributed by atoms with E-state index in [1.807, 2.05) is 13.8 Å². The van der Waals surface area contributed by atoms with Gasteiger partial charge in [-0.1, -0.05) is 25.7 Å². The number of nitrogens with zero attached hydrogens (tertiary/aromatic N) is 4. The smallest absolute Gasteiger partial charge is 0.163 e. The first-order valence-corrected chi connectivity index (χ1v) is 9.23. The van der Waals surface area contributed by atoms with Gasteiger partial charge < -0.3 is 5.32 Å². The topological polar surface area (TPSA) is 79.4 Å². The Labute approximate surface area is 151 Å². The van der Waals surface area contributed by atoms with Crippen molar-refractivity contribution in [1.29, 1.82) is 0 Å². The minimum atomic E-state index is -0.392. The second kappa shape index (κ2) is 6.97. The number of H-pyrrole nitrogens is 1. The molecule has 3 heterocycles. The lowest BCUT2D eigenvalue weighted by molar-refractivity contribution is 0.559. The summed E-state index contributed by atoms with van der Waals surface area (Å²) in [4.78, 5) is 13.6. The summed E-state index contributed by atoms with van der Waals surface area (Å²) < 4.78 is 13.6. The summed E-state index contributed by atoms with van der Waals surface area (Å²) >= 11 is 0. The van der Waals surface area contributed by atoms with Crippen LogP contribution in [0.1, 0.15) is 61.5 Å². The maximum Gasteiger partial charge on any atom is 0.163 e. The molecule has 0 saturated heterocycles. The minimum absolute atomic E-state index is 0.392. The van der Waals surface area contributed by atoms with Crippen LogP contribution >= 0.6 is 0 Å². The molecule has 3 aromatic rings. The van der Waals surface area contributed by atoms with Gasteiger partial charge in [0, 0.05) is 17.2 Å². The van der Waals surface area contributed by atoms with Crippen LogP contribution in [0, 0.1) is 19.7 Å². The molecule has 136 valence electrons. The highest BCUT2D eigenvalue weighted by atomic mass is 19.1. The number of anilines is 2. The van der Waals surface area contributed by atoms with Gasteiger partial charge in [-0.25, -0.2) is 19.3 Å². The summed E-state index contributed by atoms with van der Waals surface area (Å²) in [5, 5.41) is 10.9. The lowest BCUT2D eigenvalue weighted by Gasteiger charge is -2.16. The highest BCUT2D eigenvalue weighted by Crippen LogP contribution is 2.32. The monoisotopic (exact) mass is 354 g/mol. The molecule has 6 nitrogen and oxygen atoms in total. The van der Waals surface area contributed by atoms with E-state index in [9.17, 15) is 4.39 Å². The highest BCUT2D eigenvalue weighted by molar-refractivity contribution is 5.88. The lowest BCUT2D eigenvalue weighted by atomic mass is 9.99. The van der Waals surface area contributed by atoms with Crippen LogP contribution in [0.3, 0.4) is 0 Å². The van der Waals surface area contributed by atoms with Crippen LogP contribution in [-0.4, -0.2) is 25.1 Å². The number of fused-ring (bicyclic) bond motifs is 1. The molecule has 0 atom stereocenters. The molecule has 1 saturated carbocycles. The number of aromatic amines is 1. The number of rotatable bonds is 3. The molecule has 1 aliphatic carbocycles. The average molecular weight is 354 g/mol. The van der Waals surface area contributed by atoms with Gasteiger partial charge in [0.2, 0.25) is 0 Å². The molecule has 0 unspecified atom stereocenters. The van der Waals surface area contributed by atoms with Gasteiger partial charge in [-0.2, -0.15) is 5.10 Å². The summed E-state index contributed by atoms with van der Waals surface area (Å²) in [6, 6.07) is 1.42. The van der Waals surface area contributed by atoms with Crippen LogP contribution in [0.25, 0.3) is 11.0 Å². The average Bonchev–Trinajstić information content (AvgIpc) is 2.84. The molecule has 1 fully saturated rings. The Kier molecular flexibility index (Phi) is 4.53. The van der Waals surface area contributed by atoms with Crippen molar-refractivity contribution >= 4 is 22.7 Å². The number of hydrogen-bond donors (Lipinski definition) is 2. The normalized spacial score (nSPS) is 16.0. The largest absolute Gasteiger partial charge is 0.323 e. The Morgan fingerprint density at radius 3 is 2.62 bits per heavy atom. The van der Waals surface area contributed by atoms with E-state index < -0.39 is 5.82 Å². The highest BCUT2D eigenvalue weighted by Gasteiger charge is 2.20. The molecule has 4 rings (SSSR count). The van der Waals surface area contributed by atoms with Gasteiger partial charge >= 0.3 is 0 Å². The third-order valence-corrected chi connectivity index (χ3v) is 5.25. The fourth-order valence-electron chi connectivity index (χ4n) is 3.58. The quantitative estimate of drug-likeness (QED) is 0.667. The maximum absolute atomic E-state index is 13.6. The van der Waals surface area contributed by atoms with Gasteiger partial charge in [0.25, 0.3) is 0 Å². The van der Waals surface area contributed by atoms with Crippen molar-refractivity contribution in [1.82, 2.24) is 25.1 Å². The zero-order valence-electron chi connectivity index (χ0n) is 15.1. The van der Waals surface area contributed by atoms with E-state index in [1.165, 1.54) is 37.9 Å². The van der Waals surface area contributed by atoms with Gasteiger partial charge in [-0.3, -0.25) is 5.10 Å². The third-order valence-electron chi connectivity index (χ3n) is 5.25. The standard InChI is InChI=1S/C19H23FN6/c1-11-12(2)22-17(13-7-5-3-4-6-8-13)23-16(11)24-19-15-9-14(20)10-21-18(15)25-26-19/h9-10,13H,3-8H2,1-2H3,(H2,21,22,23,24,25,26). The number of aryl methyl sites for hydroxylation is 1. The molecule has 2 N–H and O–H groups in total. The molecule has 26 heavy (non-hydrogen) atoms. The number of pyridine rings is 1. The van der Waals surface area contributed by atoms with Crippen molar-refractivity contribution < 1.29 is 4.39 Å². The first kappa shape index (κ1) is 16.9. The van der Waals surface area contributed by atoms with E-state index in [0.717, 1.165) is 35.7 Å². The Balaban J connectivity index is 1.69. The molecule has 0 spiro atoms. The summed E-state index contributed by atoms with van der Waals surface area (Å²) in [6.45, 7) is 3.99. The second-order valence-electron chi connectivity index (χ2n) is 7.08. The summed E-state index contributed by atoms with van der Waals surface area (Å²) in [6.07, 6.45) is 8.52. The molecule has 0 amide bonds. The molecule has 0 radical (unpaired) electrons. The van der Waals surface area contributed by atoms with Crippen LogP contribution in [0.15, 0.2) is 12.3 Å². The van der Waals surface area contributed by atoms with Gasteiger partial charge in [0.05, 0.1) is 11.6 Å². The van der Waals surface area contributed by atoms with Crippen molar-refractivity contribution in [2.75, 3.05) is 5.32 Å². The van der Waals surface area contributed by atoms with E-state index in [0.29, 0.717) is 22.8 Å². The SMILES string of the molecule is Cc1nc(C2CCCCCC2)nc(Nc2n[nH]c3ncc(F)cc23)c1C. The molecule has 1 aliphatic rings. The molecule has 3 aromatic heterocycles. The summed E-state index contributed by atoms with van der Waals surface area (Å²) in [5.41, 5.74) is 2.48. The molecular formula is C19H23FN6.